The van der Waals surface area contributed by atoms with Crippen LogP contribution in [0.3, 0.4) is 0 Å². The van der Waals surface area contributed by atoms with E-state index in [9.17, 15) is 4.79 Å². The van der Waals surface area contributed by atoms with Crippen LogP contribution in [0.25, 0.3) is 0 Å². The fourth-order valence-corrected chi connectivity index (χ4v) is 1.92. The quantitative estimate of drug-likeness (QED) is 0.612. The number of rotatable bonds is 2. The lowest BCUT2D eigenvalue weighted by Crippen LogP contribution is -2.61. The number of amides is 1. The lowest BCUT2D eigenvalue weighted by molar-refractivity contribution is -0.126. The predicted molar refractivity (Wildman–Crippen MR) is 52.3 cm³/mol. The van der Waals surface area contributed by atoms with Gasteiger partial charge >= 0.3 is 0 Å². The topological polar surface area (TPSA) is 58.4 Å². The molecular weight excluding hydrogens is 166 g/mol. The molecule has 1 heterocycles. The van der Waals surface area contributed by atoms with Gasteiger partial charge < -0.3 is 16.0 Å². The lowest BCUT2D eigenvalue weighted by Gasteiger charge is -2.42. The molecule has 1 aliphatic heterocycles. The third-order valence-electron chi connectivity index (χ3n) is 3.24. The Bertz CT molecular complexity index is 207. The molecule has 1 aliphatic rings. The van der Waals surface area contributed by atoms with Crippen LogP contribution in [0, 0.1) is 0 Å². The third-order valence-corrected chi connectivity index (χ3v) is 3.24. The average Bonchev–Trinajstić information content (AvgIpc) is 2.09. The molecule has 3 N–H and O–H groups in total. The molecule has 0 saturated carbocycles. The average molecular weight is 185 g/mol. The maximum Gasteiger partial charge on any atom is 0.237 e. The highest BCUT2D eigenvalue weighted by Gasteiger charge is 2.40. The van der Waals surface area contributed by atoms with Gasteiger partial charge in [0.1, 0.15) is 5.54 Å². The molecule has 2 unspecified atom stereocenters. The van der Waals surface area contributed by atoms with Crippen LogP contribution < -0.4 is 11.1 Å². The highest BCUT2D eigenvalue weighted by atomic mass is 16.1. The summed E-state index contributed by atoms with van der Waals surface area (Å²) in [7, 11) is 3.88. The number of nitrogens with zero attached hydrogens (tertiary/aromatic N) is 1. The first-order valence-electron chi connectivity index (χ1n) is 4.71. The molecule has 1 rings (SSSR count). The van der Waals surface area contributed by atoms with Crippen molar-refractivity contribution < 1.29 is 4.79 Å². The van der Waals surface area contributed by atoms with Gasteiger partial charge in [0.05, 0.1) is 0 Å². The number of carbonyl (C=O) groups excluding carboxylic acids is 1. The number of nitrogens with two attached hydrogens (primary N) is 1. The van der Waals surface area contributed by atoms with E-state index in [1.54, 1.807) is 0 Å². The van der Waals surface area contributed by atoms with E-state index >= 15 is 0 Å². The first-order valence-corrected chi connectivity index (χ1v) is 4.71. The van der Waals surface area contributed by atoms with E-state index in [4.69, 9.17) is 5.73 Å². The van der Waals surface area contributed by atoms with Crippen molar-refractivity contribution in [3.05, 3.63) is 0 Å². The first kappa shape index (κ1) is 10.5. The maximum absolute atomic E-state index is 11.3. The second-order valence-corrected chi connectivity index (χ2v) is 3.98. The van der Waals surface area contributed by atoms with Crippen molar-refractivity contribution >= 4 is 5.91 Å². The second-order valence-electron chi connectivity index (χ2n) is 3.98. The Morgan fingerprint density at radius 3 is 2.69 bits per heavy atom. The van der Waals surface area contributed by atoms with Gasteiger partial charge in [0.25, 0.3) is 0 Å². The minimum atomic E-state index is -0.480. The van der Waals surface area contributed by atoms with E-state index in [1.807, 2.05) is 7.05 Å². The molecule has 0 aromatic carbocycles. The summed E-state index contributed by atoms with van der Waals surface area (Å²) in [5.74, 6) is -0.227. The molecule has 0 radical (unpaired) electrons. The SMILES string of the molecule is CNC1(C(N)=O)CCN(C)C(C)C1. The van der Waals surface area contributed by atoms with Gasteiger partial charge in [0, 0.05) is 12.6 Å². The number of nitrogens with one attached hydrogen (secondary N) is 1. The Kier molecular flexibility index (Phi) is 2.93. The zero-order chi connectivity index (χ0) is 10.1. The fraction of sp³-hybridized carbons (Fsp3) is 0.889. The van der Waals surface area contributed by atoms with Gasteiger partial charge in [0.2, 0.25) is 5.91 Å². The molecule has 2 atom stereocenters. The number of hydrogen-bond acceptors (Lipinski definition) is 3. The van der Waals surface area contributed by atoms with E-state index in [2.05, 4.69) is 24.2 Å². The fourth-order valence-electron chi connectivity index (χ4n) is 1.92. The van der Waals surface area contributed by atoms with Gasteiger partial charge in [-0.25, -0.2) is 0 Å². The molecule has 1 saturated heterocycles. The third kappa shape index (κ3) is 1.84. The lowest BCUT2D eigenvalue weighted by atomic mass is 9.83. The van der Waals surface area contributed by atoms with Crippen LogP contribution in [-0.2, 0) is 4.79 Å². The van der Waals surface area contributed by atoms with Crippen molar-refractivity contribution in [1.82, 2.24) is 10.2 Å². The van der Waals surface area contributed by atoms with Crippen molar-refractivity contribution in [3.8, 4) is 0 Å². The molecule has 0 aliphatic carbocycles. The Morgan fingerprint density at radius 1 is 1.69 bits per heavy atom. The standard InChI is InChI=1S/C9H19N3O/c1-7-6-9(11-2,8(10)13)4-5-12(7)3/h7,11H,4-6H2,1-3H3,(H2,10,13). The van der Waals surface area contributed by atoms with E-state index in [1.165, 1.54) is 0 Å². The van der Waals surface area contributed by atoms with Crippen LogP contribution in [-0.4, -0.2) is 43.0 Å². The Hall–Kier alpha value is -0.610. The summed E-state index contributed by atoms with van der Waals surface area (Å²) in [4.78, 5) is 13.5. The van der Waals surface area contributed by atoms with Crippen LogP contribution >= 0.6 is 0 Å². The van der Waals surface area contributed by atoms with Crippen molar-refractivity contribution in [2.24, 2.45) is 5.73 Å². The van der Waals surface area contributed by atoms with Crippen molar-refractivity contribution in [2.75, 3.05) is 20.6 Å². The molecule has 76 valence electrons. The smallest absolute Gasteiger partial charge is 0.237 e. The second kappa shape index (κ2) is 3.64. The molecule has 4 heteroatoms. The monoisotopic (exact) mass is 185 g/mol. The van der Waals surface area contributed by atoms with Crippen molar-refractivity contribution in [3.63, 3.8) is 0 Å². The van der Waals surface area contributed by atoms with Gasteiger partial charge in [-0.3, -0.25) is 4.79 Å². The van der Waals surface area contributed by atoms with Crippen LogP contribution in [0.5, 0.6) is 0 Å². The molecule has 1 fully saturated rings. The summed E-state index contributed by atoms with van der Waals surface area (Å²) in [5, 5.41) is 3.07. The molecule has 4 nitrogen and oxygen atoms in total. The summed E-state index contributed by atoms with van der Waals surface area (Å²) < 4.78 is 0. The van der Waals surface area contributed by atoms with Crippen LogP contribution in [0.15, 0.2) is 0 Å². The molecule has 0 spiro atoms. The normalized spacial score (nSPS) is 36.1. The minimum Gasteiger partial charge on any atom is -0.368 e. The van der Waals surface area contributed by atoms with E-state index in [0.29, 0.717) is 6.04 Å². The van der Waals surface area contributed by atoms with Gasteiger partial charge in [-0.15, -0.1) is 0 Å². The number of hydrogen-bond donors (Lipinski definition) is 2. The van der Waals surface area contributed by atoms with Gasteiger partial charge in [0.15, 0.2) is 0 Å². The zero-order valence-corrected chi connectivity index (χ0v) is 8.63. The van der Waals surface area contributed by atoms with E-state index in [-0.39, 0.29) is 5.91 Å². The number of likely N-dealkylation sites (N-methyl/N-ethyl adjacent to an activating group) is 1. The number of piperidine rings is 1. The van der Waals surface area contributed by atoms with E-state index in [0.717, 1.165) is 19.4 Å². The van der Waals surface area contributed by atoms with Crippen molar-refractivity contribution in [1.29, 1.82) is 0 Å². The molecule has 0 aromatic rings. The highest BCUT2D eigenvalue weighted by molar-refractivity contribution is 5.84. The van der Waals surface area contributed by atoms with Crippen LogP contribution in [0.1, 0.15) is 19.8 Å². The van der Waals surface area contributed by atoms with Gasteiger partial charge in [-0.05, 0) is 33.9 Å². The predicted octanol–water partition coefficient (Wildman–Crippen LogP) is -0.456. The highest BCUT2D eigenvalue weighted by Crippen LogP contribution is 2.25. The van der Waals surface area contributed by atoms with Crippen LogP contribution in [0.4, 0.5) is 0 Å². The number of primary amides is 1. The summed E-state index contributed by atoms with van der Waals surface area (Å²) in [6, 6.07) is 0.411. The van der Waals surface area contributed by atoms with Crippen LogP contribution in [0.2, 0.25) is 0 Å². The maximum atomic E-state index is 11.3. The molecule has 13 heavy (non-hydrogen) atoms. The van der Waals surface area contributed by atoms with E-state index < -0.39 is 5.54 Å². The summed E-state index contributed by atoms with van der Waals surface area (Å²) >= 11 is 0. The van der Waals surface area contributed by atoms with Gasteiger partial charge in [-0.1, -0.05) is 0 Å². The van der Waals surface area contributed by atoms with Gasteiger partial charge in [-0.2, -0.15) is 0 Å². The minimum absolute atomic E-state index is 0.227. The Morgan fingerprint density at radius 2 is 2.31 bits per heavy atom. The summed E-state index contributed by atoms with van der Waals surface area (Å²) in [5.41, 5.74) is 4.92. The largest absolute Gasteiger partial charge is 0.368 e. The summed E-state index contributed by atoms with van der Waals surface area (Å²) in [6.07, 6.45) is 1.61. The zero-order valence-electron chi connectivity index (χ0n) is 8.63. The first-order chi connectivity index (χ1) is 6.02. The Balaban J connectivity index is 2.74. The Labute approximate surface area is 79.5 Å². The molecule has 1 amide bonds. The number of likely N-dealkylation sites (tertiary alicyclic amines) is 1. The van der Waals surface area contributed by atoms with Crippen molar-refractivity contribution in [2.45, 2.75) is 31.3 Å². The summed E-state index contributed by atoms with van der Waals surface area (Å²) in [6.45, 7) is 3.04. The molecule has 0 bridgehead atoms. The number of carbonyl (C=O) groups is 1. The molecule has 0 aromatic heterocycles. The molecular formula is C9H19N3O.